The van der Waals surface area contributed by atoms with Crippen molar-refractivity contribution in [2.75, 3.05) is 0 Å². The van der Waals surface area contributed by atoms with Crippen molar-refractivity contribution in [2.24, 2.45) is 0 Å². The van der Waals surface area contributed by atoms with Crippen LogP contribution in [0.4, 0.5) is 0 Å². The van der Waals surface area contributed by atoms with Gasteiger partial charge in [0.2, 0.25) is 0 Å². The third-order valence-electron chi connectivity index (χ3n) is 17.7. The van der Waals surface area contributed by atoms with Crippen LogP contribution in [-0.4, -0.2) is 0 Å². The van der Waals surface area contributed by atoms with Crippen LogP contribution in [0.5, 0.6) is 0 Å². The van der Waals surface area contributed by atoms with Gasteiger partial charge >= 0.3 is 0 Å². The lowest BCUT2D eigenvalue weighted by atomic mass is 9.67. The first kappa shape index (κ1) is 48.3. The van der Waals surface area contributed by atoms with Gasteiger partial charge < -0.3 is 0 Å². The smallest absolute Gasteiger partial charge is 0.0622 e. The highest BCUT2D eigenvalue weighted by atomic mass is 14.5. The first-order valence-electron chi connectivity index (χ1n) is 28.9. The Morgan fingerprint density at radius 3 is 0.831 bits per heavy atom. The molecule has 83 heavy (non-hydrogen) atoms. The summed E-state index contributed by atoms with van der Waals surface area (Å²) in [7, 11) is 0. The molecule has 0 N–H and O–H groups in total. The van der Waals surface area contributed by atoms with E-state index in [0.29, 0.717) is 0 Å². The Morgan fingerprint density at radius 1 is 0.157 bits per heavy atom. The lowest BCUT2D eigenvalue weighted by Crippen LogP contribution is -2.28. The van der Waals surface area contributed by atoms with Crippen molar-refractivity contribution in [2.45, 2.75) is 5.41 Å². The summed E-state index contributed by atoms with van der Waals surface area (Å²) >= 11 is 0. The van der Waals surface area contributed by atoms with E-state index in [1.807, 2.05) is 0 Å². The molecule has 0 heterocycles. The quantitative estimate of drug-likeness (QED) is 0.126. The molecule has 15 aromatic rings. The zero-order chi connectivity index (χ0) is 54.8. The van der Waals surface area contributed by atoms with Gasteiger partial charge in [0.05, 0.1) is 5.41 Å². The van der Waals surface area contributed by atoms with Crippen LogP contribution < -0.4 is 0 Å². The Kier molecular flexibility index (Phi) is 11.5. The first-order valence-corrected chi connectivity index (χ1v) is 28.9. The maximum atomic E-state index is 2.46. The van der Waals surface area contributed by atoms with Crippen LogP contribution in [0.15, 0.2) is 328 Å². The van der Waals surface area contributed by atoms with Gasteiger partial charge in [-0.1, -0.05) is 303 Å². The molecule has 0 radical (unpaired) electrons. The molecule has 386 valence electrons. The summed E-state index contributed by atoms with van der Waals surface area (Å²) in [6.45, 7) is 0. The zero-order valence-electron chi connectivity index (χ0n) is 45.7. The molecule has 0 unspecified atom stereocenters. The molecule has 0 spiro atoms. The molecule has 1 aliphatic rings. The number of hydrogen-bond acceptors (Lipinski definition) is 0. The Hall–Kier alpha value is -10.7. The van der Waals surface area contributed by atoms with Gasteiger partial charge in [-0.05, 0) is 179 Å². The summed E-state index contributed by atoms with van der Waals surface area (Å²) in [5.41, 5.74) is 24.1. The van der Waals surface area contributed by atoms with Gasteiger partial charge in [0, 0.05) is 0 Å². The summed E-state index contributed by atoms with van der Waals surface area (Å²) in [5, 5.41) is 10.1. The number of fused-ring (bicyclic) bond motifs is 7. The Labute approximate surface area is 484 Å². The molecule has 15 aromatic carbocycles. The van der Waals surface area contributed by atoms with E-state index in [2.05, 4.69) is 328 Å². The van der Waals surface area contributed by atoms with Gasteiger partial charge in [0.1, 0.15) is 0 Å². The number of hydrogen-bond donors (Lipinski definition) is 0. The predicted octanol–water partition coefficient (Wildman–Crippen LogP) is 22.3. The Morgan fingerprint density at radius 2 is 0.434 bits per heavy atom. The van der Waals surface area contributed by atoms with E-state index in [0.717, 1.165) is 0 Å². The molecular formula is C83H54. The highest BCUT2D eigenvalue weighted by Gasteiger charge is 2.46. The summed E-state index contributed by atoms with van der Waals surface area (Å²) in [5.74, 6) is 0. The van der Waals surface area contributed by atoms with Gasteiger partial charge in [-0.25, -0.2) is 0 Å². The monoisotopic (exact) mass is 1050 g/mol. The normalized spacial score (nSPS) is 12.4. The van der Waals surface area contributed by atoms with Crippen LogP contribution in [0.25, 0.3) is 132 Å². The van der Waals surface area contributed by atoms with E-state index in [1.54, 1.807) is 0 Å². The molecule has 0 aromatic heterocycles. The molecule has 0 nitrogen and oxygen atoms in total. The fraction of sp³-hybridized carbons (Fsp3) is 0.0120. The standard InChI is InChI=1S/C83H54/c1-3-23-56(24-4-1)79-69-37-7-11-41-73(69)81(74-42-12-8-38-70(74)79)63-32-20-29-60(52-63)59-28-19-27-58(51-59)55-47-49-65(50-48-55)83(77-45-17-15-35-67(77)68-36-16-18-46-78(68)83)66-34-22-31-62(54-66)61-30-21-33-64(53-61)82-75-43-13-9-39-71(75)80(57-25-5-2-6-26-57)72-40-10-14-44-76(72)82/h1-54H. The van der Waals surface area contributed by atoms with Crippen molar-refractivity contribution in [3.8, 4) is 89.0 Å². The molecule has 0 amide bonds. The van der Waals surface area contributed by atoms with E-state index >= 15 is 0 Å². The minimum Gasteiger partial charge on any atom is -0.0622 e. The van der Waals surface area contributed by atoms with Crippen molar-refractivity contribution in [3.63, 3.8) is 0 Å². The fourth-order valence-electron chi connectivity index (χ4n) is 14.2. The van der Waals surface area contributed by atoms with Crippen LogP contribution >= 0.6 is 0 Å². The van der Waals surface area contributed by atoms with Gasteiger partial charge in [-0.3, -0.25) is 0 Å². The maximum Gasteiger partial charge on any atom is 0.0713 e. The second-order valence-electron chi connectivity index (χ2n) is 22.2. The van der Waals surface area contributed by atoms with Gasteiger partial charge in [0.25, 0.3) is 0 Å². The molecule has 0 aliphatic heterocycles. The number of rotatable bonds is 9. The van der Waals surface area contributed by atoms with Crippen LogP contribution in [0.3, 0.4) is 0 Å². The van der Waals surface area contributed by atoms with E-state index in [1.165, 1.54) is 154 Å². The number of benzene rings is 15. The molecule has 0 saturated carbocycles. The lowest BCUT2D eigenvalue weighted by molar-refractivity contribution is 0.769. The van der Waals surface area contributed by atoms with Crippen molar-refractivity contribution >= 4 is 43.1 Å². The largest absolute Gasteiger partial charge is 0.0713 e. The fourth-order valence-corrected chi connectivity index (χ4v) is 14.2. The van der Waals surface area contributed by atoms with E-state index in [9.17, 15) is 0 Å². The second kappa shape index (κ2) is 19.9. The summed E-state index contributed by atoms with van der Waals surface area (Å²) in [6.07, 6.45) is 0. The topological polar surface area (TPSA) is 0 Å². The first-order chi connectivity index (χ1) is 41.2. The Balaban J connectivity index is 0.793. The van der Waals surface area contributed by atoms with Crippen molar-refractivity contribution in [3.05, 3.63) is 350 Å². The van der Waals surface area contributed by atoms with Gasteiger partial charge in [-0.15, -0.1) is 0 Å². The summed E-state index contributed by atoms with van der Waals surface area (Å²) in [6, 6.07) is 122. The van der Waals surface area contributed by atoms with Gasteiger partial charge in [0.15, 0.2) is 0 Å². The average Bonchev–Trinajstić information content (AvgIpc) is 2.28. The van der Waals surface area contributed by atoms with Crippen LogP contribution in [0.2, 0.25) is 0 Å². The lowest BCUT2D eigenvalue weighted by Gasteiger charge is -2.34. The third-order valence-corrected chi connectivity index (χ3v) is 17.7. The Bertz CT molecular complexity index is 4850. The molecule has 0 fully saturated rings. The average molecular weight is 1050 g/mol. The predicted molar refractivity (Wildman–Crippen MR) is 352 cm³/mol. The van der Waals surface area contributed by atoms with Crippen molar-refractivity contribution in [1.29, 1.82) is 0 Å². The molecule has 0 atom stereocenters. The minimum absolute atomic E-state index is 0.574. The zero-order valence-corrected chi connectivity index (χ0v) is 45.7. The molecule has 16 rings (SSSR count). The van der Waals surface area contributed by atoms with Crippen molar-refractivity contribution < 1.29 is 0 Å². The van der Waals surface area contributed by atoms with Crippen LogP contribution in [0.1, 0.15) is 22.3 Å². The van der Waals surface area contributed by atoms with Gasteiger partial charge in [-0.2, -0.15) is 0 Å². The molecule has 0 saturated heterocycles. The van der Waals surface area contributed by atoms with Crippen LogP contribution in [0, 0.1) is 0 Å². The molecule has 0 heteroatoms. The second-order valence-corrected chi connectivity index (χ2v) is 22.2. The minimum atomic E-state index is -0.574. The SMILES string of the molecule is c1ccc(-c2c3ccccc3c(-c3cccc(-c4cccc(-c5ccc(C6(c7cccc(-c8cccc(-c9c%10ccccc%10c(-c%10ccccc%10)c%10ccccc9%10)c8)c7)c7ccccc7-c7ccccc76)cc5)c4)c3)c3ccccc23)cc1. The molecule has 0 bridgehead atoms. The molecular weight excluding hydrogens is 997 g/mol. The van der Waals surface area contributed by atoms with E-state index < -0.39 is 5.41 Å². The highest BCUT2D eigenvalue weighted by Crippen LogP contribution is 2.57. The third kappa shape index (κ3) is 7.83. The molecule has 1 aliphatic carbocycles. The summed E-state index contributed by atoms with van der Waals surface area (Å²) < 4.78 is 0. The maximum absolute atomic E-state index is 2.46. The van der Waals surface area contributed by atoms with E-state index in [-0.39, 0.29) is 0 Å². The highest BCUT2D eigenvalue weighted by molar-refractivity contribution is 6.23. The van der Waals surface area contributed by atoms with E-state index in [4.69, 9.17) is 0 Å². The summed E-state index contributed by atoms with van der Waals surface area (Å²) in [4.78, 5) is 0. The van der Waals surface area contributed by atoms with Crippen molar-refractivity contribution in [1.82, 2.24) is 0 Å². The van der Waals surface area contributed by atoms with Crippen LogP contribution in [-0.2, 0) is 5.41 Å².